The van der Waals surface area contributed by atoms with Crippen LogP contribution in [-0.4, -0.2) is 27.8 Å². The van der Waals surface area contributed by atoms with Crippen LogP contribution in [0.2, 0.25) is 0 Å². The fourth-order valence-electron chi connectivity index (χ4n) is 4.66. The van der Waals surface area contributed by atoms with Crippen molar-refractivity contribution in [1.29, 1.82) is 0 Å². The molecule has 0 aromatic carbocycles. The number of rotatable bonds is 28. The molecule has 0 heterocycles. The molecule has 0 aliphatic carbocycles. The van der Waals surface area contributed by atoms with Gasteiger partial charge in [0.1, 0.15) is 0 Å². The predicted octanol–water partition coefficient (Wildman–Crippen LogP) is 9.83. The van der Waals surface area contributed by atoms with Gasteiger partial charge in [-0.25, -0.2) is 4.57 Å². The molecule has 0 bridgehead atoms. The van der Waals surface area contributed by atoms with Crippen LogP contribution in [0.5, 0.6) is 0 Å². The molecule has 0 saturated heterocycles. The maximum absolute atomic E-state index is 8.88. The molecule has 0 aromatic rings. The maximum Gasteiger partial charge on any atom is 0.466 e. The minimum atomic E-state index is -4.64. The van der Waals surface area contributed by atoms with Crippen LogP contribution in [-0.2, 0) is 4.57 Å². The second kappa shape index (κ2) is 33.1. The zero-order valence-corrected chi connectivity index (χ0v) is 25.4. The molecular formula is C30H66NO4P. The molecule has 4 N–H and O–H groups in total. The first kappa shape index (κ1) is 38.2. The van der Waals surface area contributed by atoms with Gasteiger partial charge in [0.25, 0.3) is 0 Å². The predicted molar refractivity (Wildman–Crippen MR) is 159 cm³/mol. The minimum Gasteiger partial charge on any atom is -0.317 e. The van der Waals surface area contributed by atoms with Gasteiger partial charge >= 0.3 is 7.82 Å². The van der Waals surface area contributed by atoms with Crippen LogP contribution in [0.3, 0.4) is 0 Å². The topological polar surface area (TPSA) is 89.8 Å². The summed E-state index contributed by atoms with van der Waals surface area (Å²) in [6.45, 7) is 7.08. The van der Waals surface area contributed by atoms with E-state index in [0.717, 1.165) is 0 Å². The Balaban J connectivity index is 0. The SMILES string of the molecule is CCCCCCCCCCCCCCCCCCCCCCNCCCCCCCC.O=P(O)(O)O. The molecule has 0 aliphatic heterocycles. The van der Waals surface area contributed by atoms with Gasteiger partial charge in [0, 0.05) is 0 Å². The van der Waals surface area contributed by atoms with Crippen LogP contribution in [0.25, 0.3) is 0 Å². The van der Waals surface area contributed by atoms with Gasteiger partial charge in [-0.15, -0.1) is 0 Å². The number of unbranched alkanes of at least 4 members (excludes halogenated alkanes) is 24. The van der Waals surface area contributed by atoms with Crippen molar-refractivity contribution in [3.8, 4) is 0 Å². The van der Waals surface area contributed by atoms with Gasteiger partial charge in [-0.3, -0.25) is 0 Å². The van der Waals surface area contributed by atoms with E-state index >= 15 is 0 Å². The van der Waals surface area contributed by atoms with Gasteiger partial charge in [0.05, 0.1) is 0 Å². The lowest BCUT2D eigenvalue weighted by Gasteiger charge is -2.05. The summed E-state index contributed by atoms with van der Waals surface area (Å²) in [6.07, 6.45) is 37.8. The Morgan fingerprint density at radius 2 is 0.556 bits per heavy atom. The summed E-state index contributed by atoms with van der Waals surface area (Å²) in [4.78, 5) is 21.6. The van der Waals surface area contributed by atoms with Crippen molar-refractivity contribution in [3.63, 3.8) is 0 Å². The highest BCUT2D eigenvalue weighted by Crippen LogP contribution is 2.25. The van der Waals surface area contributed by atoms with Gasteiger partial charge in [0.2, 0.25) is 0 Å². The molecule has 220 valence electrons. The van der Waals surface area contributed by atoms with Crippen LogP contribution in [0.15, 0.2) is 0 Å². The Kier molecular flexibility index (Phi) is 35.1. The lowest BCUT2D eigenvalue weighted by Crippen LogP contribution is -2.16. The zero-order chi connectivity index (χ0) is 27.0. The van der Waals surface area contributed by atoms with Crippen molar-refractivity contribution in [3.05, 3.63) is 0 Å². The van der Waals surface area contributed by atoms with E-state index in [9.17, 15) is 0 Å². The Morgan fingerprint density at radius 3 is 0.750 bits per heavy atom. The van der Waals surface area contributed by atoms with E-state index in [1.165, 1.54) is 180 Å². The third kappa shape index (κ3) is 47.3. The lowest BCUT2D eigenvalue weighted by atomic mass is 10.0. The molecule has 0 saturated carbocycles. The standard InChI is InChI=1S/C30H63N.H3O4P/c1-3-5-7-9-11-12-13-14-15-16-17-18-19-20-21-22-23-24-26-28-30-31-29-27-25-10-8-6-4-2;1-5(2,3)4/h31H,3-30H2,1-2H3;(H3,1,2,3,4). The molecule has 0 atom stereocenters. The van der Waals surface area contributed by atoms with E-state index in [1.54, 1.807) is 0 Å². The van der Waals surface area contributed by atoms with Gasteiger partial charge in [0.15, 0.2) is 0 Å². The number of hydrogen-bond donors (Lipinski definition) is 4. The van der Waals surface area contributed by atoms with Crippen LogP contribution < -0.4 is 5.32 Å². The Hall–Kier alpha value is 0.0700. The van der Waals surface area contributed by atoms with Crippen molar-refractivity contribution in [2.45, 2.75) is 181 Å². The summed E-state index contributed by atoms with van der Waals surface area (Å²) >= 11 is 0. The molecule has 0 radical (unpaired) electrons. The fraction of sp³-hybridized carbons (Fsp3) is 1.00. The van der Waals surface area contributed by atoms with E-state index in [1.807, 2.05) is 0 Å². The molecule has 0 amide bonds. The highest BCUT2D eigenvalue weighted by atomic mass is 31.2. The summed E-state index contributed by atoms with van der Waals surface area (Å²) in [6, 6.07) is 0. The third-order valence-electron chi connectivity index (χ3n) is 6.91. The smallest absolute Gasteiger partial charge is 0.317 e. The summed E-state index contributed by atoms with van der Waals surface area (Å²) in [7, 11) is -4.64. The second-order valence-corrected chi connectivity index (χ2v) is 11.8. The summed E-state index contributed by atoms with van der Waals surface area (Å²) in [5.74, 6) is 0. The van der Waals surface area contributed by atoms with Gasteiger partial charge in [-0.2, -0.15) is 0 Å². The van der Waals surface area contributed by atoms with Crippen molar-refractivity contribution in [2.75, 3.05) is 13.1 Å². The molecule has 6 heteroatoms. The van der Waals surface area contributed by atoms with Crippen LogP contribution in [0.4, 0.5) is 0 Å². The Bertz CT molecular complexity index is 395. The van der Waals surface area contributed by atoms with E-state index < -0.39 is 7.82 Å². The van der Waals surface area contributed by atoms with Crippen molar-refractivity contribution in [2.24, 2.45) is 0 Å². The first-order valence-corrected chi connectivity index (χ1v) is 17.5. The summed E-state index contributed by atoms with van der Waals surface area (Å²) in [5, 5.41) is 3.64. The van der Waals surface area contributed by atoms with Crippen LogP contribution >= 0.6 is 7.82 Å². The molecule has 0 aliphatic rings. The normalized spacial score (nSPS) is 11.5. The molecule has 0 spiro atoms. The van der Waals surface area contributed by atoms with Crippen LogP contribution in [0, 0.1) is 0 Å². The number of nitrogens with one attached hydrogen (secondary N) is 1. The Morgan fingerprint density at radius 1 is 0.389 bits per heavy atom. The van der Waals surface area contributed by atoms with E-state index in [2.05, 4.69) is 19.2 Å². The zero-order valence-electron chi connectivity index (χ0n) is 24.5. The van der Waals surface area contributed by atoms with Gasteiger partial charge in [-0.1, -0.05) is 168 Å². The van der Waals surface area contributed by atoms with Crippen molar-refractivity contribution >= 4 is 7.82 Å². The van der Waals surface area contributed by atoms with Crippen LogP contribution in [0.1, 0.15) is 181 Å². The largest absolute Gasteiger partial charge is 0.466 e. The summed E-state index contributed by atoms with van der Waals surface area (Å²) in [5.41, 5.74) is 0. The molecule has 0 aromatic heterocycles. The molecule has 0 fully saturated rings. The quantitative estimate of drug-likeness (QED) is 0.0591. The second-order valence-electron chi connectivity index (χ2n) is 10.7. The fourth-order valence-corrected chi connectivity index (χ4v) is 4.66. The maximum atomic E-state index is 8.88. The summed E-state index contributed by atoms with van der Waals surface area (Å²) < 4.78 is 8.88. The first-order chi connectivity index (χ1) is 17.4. The molecule has 0 rings (SSSR count). The average Bonchev–Trinajstić information content (AvgIpc) is 2.82. The number of phosphoric acid groups is 1. The molecule has 36 heavy (non-hydrogen) atoms. The lowest BCUT2D eigenvalue weighted by molar-refractivity contribution is 0.275. The highest BCUT2D eigenvalue weighted by Gasteiger charge is 2.00. The minimum absolute atomic E-state index is 1.24. The van der Waals surface area contributed by atoms with Gasteiger partial charge < -0.3 is 20.0 Å². The molecule has 0 unspecified atom stereocenters. The van der Waals surface area contributed by atoms with Crippen molar-refractivity contribution < 1.29 is 19.2 Å². The van der Waals surface area contributed by atoms with Gasteiger partial charge in [-0.05, 0) is 25.9 Å². The van der Waals surface area contributed by atoms with E-state index in [0.29, 0.717) is 0 Å². The highest BCUT2D eigenvalue weighted by molar-refractivity contribution is 7.45. The monoisotopic (exact) mass is 535 g/mol. The average molecular weight is 536 g/mol. The first-order valence-electron chi connectivity index (χ1n) is 15.9. The van der Waals surface area contributed by atoms with E-state index in [-0.39, 0.29) is 0 Å². The molecule has 5 nitrogen and oxygen atoms in total. The van der Waals surface area contributed by atoms with E-state index in [4.69, 9.17) is 19.2 Å². The van der Waals surface area contributed by atoms with Crippen molar-refractivity contribution in [1.82, 2.24) is 5.32 Å². The Labute approximate surface area is 226 Å². The third-order valence-corrected chi connectivity index (χ3v) is 6.91. The molecular weight excluding hydrogens is 469 g/mol. The number of hydrogen-bond acceptors (Lipinski definition) is 2.